The molecule has 0 radical (unpaired) electrons. The van der Waals surface area contributed by atoms with Crippen LogP contribution in [0.3, 0.4) is 0 Å². The van der Waals surface area contributed by atoms with E-state index in [1.54, 1.807) is 0 Å². The van der Waals surface area contributed by atoms with Crippen LogP contribution < -0.4 is 0 Å². The zero-order valence-electron chi connectivity index (χ0n) is 12.4. The summed E-state index contributed by atoms with van der Waals surface area (Å²) in [6.07, 6.45) is 0.228. The highest BCUT2D eigenvalue weighted by molar-refractivity contribution is 5.86. The summed E-state index contributed by atoms with van der Waals surface area (Å²) in [5, 5.41) is 0. The lowest BCUT2D eigenvalue weighted by Gasteiger charge is -2.29. The van der Waals surface area contributed by atoms with Gasteiger partial charge in [0, 0.05) is 17.9 Å². The van der Waals surface area contributed by atoms with Gasteiger partial charge in [-0.05, 0) is 6.42 Å². The number of carbonyl (C=O) groups excluding carboxylic acids is 4. The summed E-state index contributed by atoms with van der Waals surface area (Å²) < 4.78 is 20.0. The van der Waals surface area contributed by atoms with Gasteiger partial charge >= 0.3 is 23.9 Å². The number of rotatable bonds is 5. The Hall–Kier alpha value is -2.38. The number of carbonyl (C=O) groups is 4. The van der Waals surface area contributed by atoms with Crippen molar-refractivity contribution in [3.63, 3.8) is 0 Å². The lowest BCUT2D eigenvalue weighted by Crippen LogP contribution is -2.44. The molecule has 0 aromatic rings. The molecule has 0 N–H and O–H groups in total. The zero-order valence-corrected chi connectivity index (χ0v) is 12.4. The summed E-state index contributed by atoms with van der Waals surface area (Å²) in [5.74, 6) is -4.11. The second-order valence-corrected chi connectivity index (χ2v) is 5.81. The molecule has 2 saturated carbocycles. The Labute approximate surface area is 131 Å². The fourth-order valence-electron chi connectivity index (χ4n) is 3.98. The van der Waals surface area contributed by atoms with E-state index in [2.05, 4.69) is 11.3 Å². The van der Waals surface area contributed by atoms with Crippen molar-refractivity contribution in [2.45, 2.75) is 18.6 Å². The van der Waals surface area contributed by atoms with Gasteiger partial charge in [0.25, 0.3) is 0 Å². The van der Waals surface area contributed by atoms with Crippen molar-refractivity contribution in [2.75, 3.05) is 13.7 Å². The molecular weight excluding hydrogens is 308 g/mol. The van der Waals surface area contributed by atoms with Crippen LogP contribution in [0.2, 0.25) is 0 Å². The minimum absolute atomic E-state index is 0.148. The molecule has 0 spiro atoms. The summed E-state index contributed by atoms with van der Waals surface area (Å²) in [6, 6.07) is 0. The molecule has 1 saturated heterocycles. The maximum absolute atomic E-state index is 12.0. The Kier molecular flexibility index (Phi) is 3.83. The summed E-state index contributed by atoms with van der Waals surface area (Å²) in [5.41, 5.74) is 0. The highest BCUT2D eigenvalue weighted by Gasteiger charge is 2.70. The molecule has 0 amide bonds. The van der Waals surface area contributed by atoms with Gasteiger partial charge in [0.2, 0.25) is 0 Å². The third kappa shape index (κ3) is 2.38. The van der Waals surface area contributed by atoms with Gasteiger partial charge in [-0.3, -0.25) is 9.59 Å². The molecule has 3 aliphatic rings. The number of hydrogen-bond acceptors (Lipinski definition) is 8. The molecule has 2 aliphatic carbocycles. The largest absolute Gasteiger partial charge is 0.469 e. The Morgan fingerprint density at radius 2 is 2.09 bits per heavy atom. The van der Waals surface area contributed by atoms with Crippen LogP contribution in [0.5, 0.6) is 0 Å². The summed E-state index contributed by atoms with van der Waals surface area (Å²) >= 11 is 0. The molecule has 8 nitrogen and oxygen atoms in total. The Bertz CT molecular complexity index is 582. The molecule has 1 aliphatic heterocycles. The maximum Gasteiger partial charge on any atom is 0.344 e. The molecule has 3 fully saturated rings. The molecule has 0 aromatic heterocycles. The van der Waals surface area contributed by atoms with E-state index in [4.69, 9.17) is 14.2 Å². The lowest BCUT2D eigenvalue weighted by molar-refractivity contribution is -0.171. The van der Waals surface area contributed by atoms with Crippen molar-refractivity contribution in [2.24, 2.45) is 23.7 Å². The molecule has 124 valence electrons. The van der Waals surface area contributed by atoms with Crippen LogP contribution in [0.25, 0.3) is 0 Å². The fourth-order valence-corrected chi connectivity index (χ4v) is 3.98. The van der Waals surface area contributed by atoms with Crippen molar-refractivity contribution < 1.29 is 38.1 Å². The topological polar surface area (TPSA) is 105 Å². The van der Waals surface area contributed by atoms with Crippen LogP contribution in [-0.2, 0) is 38.1 Å². The van der Waals surface area contributed by atoms with E-state index in [9.17, 15) is 19.2 Å². The average molecular weight is 324 g/mol. The summed E-state index contributed by atoms with van der Waals surface area (Å²) in [4.78, 5) is 46.7. The van der Waals surface area contributed by atoms with Crippen molar-refractivity contribution in [1.29, 1.82) is 0 Å². The molecule has 2 bridgehead atoms. The van der Waals surface area contributed by atoms with Crippen LogP contribution in [0.15, 0.2) is 12.7 Å². The minimum Gasteiger partial charge on any atom is -0.469 e. The van der Waals surface area contributed by atoms with Gasteiger partial charge in [-0.1, -0.05) is 6.58 Å². The zero-order chi connectivity index (χ0) is 16.7. The van der Waals surface area contributed by atoms with Crippen LogP contribution in [0.4, 0.5) is 0 Å². The number of fused-ring (bicyclic) bond motifs is 1. The molecule has 8 heteroatoms. The summed E-state index contributed by atoms with van der Waals surface area (Å²) in [6.45, 7) is 2.65. The first kappa shape index (κ1) is 15.5. The monoisotopic (exact) mass is 324 g/mol. The van der Waals surface area contributed by atoms with Gasteiger partial charge < -0.3 is 18.9 Å². The molecule has 6 unspecified atom stereocenters. The van der Waals surface area contributed by atoms with Crippen LogP contribution >= 0.6 is 0 Å². The molecule has 1 heterocycles. The second-order valence-electron chi connectivity index (χ2n) is 5.81. The van der Waals surface area contributed by atoms with Crippen LogP contribution in [-0.4, -0.2) is 49.8 Å². The first-order valence-electron chi connectivity index (χ1n) is 7.25. The third-order valence-corrected chi connectivity index (χ3v) is 4.79. The second kappa shape index (κ2) is 5.68. The molecule has 23 heavy (non-hydrogen) atoms. The first-order chi connectivity index (χ1) is 11.0. The van der Waals surface area contributed by atoms with Crippen LogP contribution in [0.1, 0.15) is 6.42 Å². The van der Waals surface area contributed by atoms with Gasteiger partial charge in [0.05, 0.1) is 18.9 Å². The molecule has 6 atom stereocenters. The van der Waals surface area contributed by atoms with E-state index in [-0.39, 0.29) is 11.8 Å². The van der Waals surface area contributed by atoms with Gasteiger partial charge in [-0.15, -0.1) is 0 Å². The Morgan fingerprint density at radius 1 is 1.35 bits per heavy atom. The molecular formula is C15H16O8. The van der Waals surface area contributed by atoms with E-state index in [1.807, 2.05) is 0 Å². The average Bonchev–Trinajstić information content (AvgIpc) is 3.15. The normalized spacial score (nSPS) is 36.3. The van der Waals surface area contributed by atoms with E-state index in [0.29, 0.717) is 6.42 Å². The minimum atomic E-state index is -0.763. The molecule has 3 rings (SSSR count). The van der Waals surface area contributed by atoms with Gasteiger partial charge in [0.15, 0.2) is 6.61 Å². The molecule has 0 aromatic carbocycles. The van der Waals surface area contributed by atoms with Gasteiger partial charge in [0.1, 0.15) is 12.2 Å². The number of esters is 4. The van der Waals surface area contributed by atoms with Crippen molar-refractivity contribution in [1.82, 2.24) is 0 Å². The first-order valence-corrected chi connectivity index (χ1v) is 7.25. The summed E-state index contributed by atoms with van der Waals surface area (Å²) in [7, 11) is 1.25. The number of hydrogen-bond donors (Lipinski definition) is 0. The Balaban J connectivity index is 1.70. The number of ether oxygens (including phenoxy) is 4. The van der Waals surface area contributed by atoms with E-state index in [1.165, 1.54) is 7.11 Å². The van der Waals surface area contributed by atoms with Crippen molar-refractivity contribution in [3.8, 4) is 0 Å². The van der Waals surface area contributed by atoms with E-state index in [0.717, 1.165) is 6.08 Å². The Morgan fingerprint density at radius 3 is 2.74 bits per heavy atom. The lowest BCUT2D eigenvalue weighted by atomic mass is 9.78. The van der Waals surface area contributed by atoms with Crippen LogP contribution in [0, 0.1) is 23.7 Å². The van der Waals surface area contributed by atoms with E-state index < -0.39 is 54.5 Å². The number of methoxy groups -OCH3 is 1. The van der Waals surface area contributed by atoms with Crippen molar-refractivity contribution >= 4 is 23.9 Å². The highest BCUT2D eigenvalue weighted by Crippen LogP contribution is 2.58. The quantitative estimate of drug-likeness (QED) is 0.382. The predicted octanol–water partition coefficient (Wildman–Crippen LogP) is -0.392. The standard InChI is InChI=1S/C15H16O8/c1-3-8(16)21-5-9(17)22-12-6-4-7-11(10(6)14(18)20-2)15(19)23-13(7)12/h3,6-7,10-13H,1,4-5H2,2H3. The van der Waals surface area contributed by atoms with Crippen molar-refractivity contribution in [3.05, 3.63) is 12.7 Å². The third-order valence-electron chi connectivity index (χ3n) is 4.79. The predicted molar refractivity (Wildman–Crippen MR) is 71.5 cm³/mol. The fraction of sp³-hybridized carbons (Fsp3) is 0.600. The van der Waals surface area contributed by atoms with Gasteiger partial charge in [-0.2, -0.15) is 0 Å². The highest BCUT2D eigenvalue weighted by atomic mass is 16.6. The SMILES string of the molecule is C=CC(=O)OCC(=O)OC1C2CC3C1OC(=O)C3C2C(=O)OC. The smallest absolute Gasteiger partial charge is 0.344 e. The van der Waals surface area contributed by atoms with Gasteiger partial charge in [-0.25, -0.2) is 9.59 Å². The maximum atomic E-state index is 12.0. The van der Waals surface area contributed by atoms with E-state index >= 15 is 0 Å².